The first-order chi connectivity index (χ1) is 10.1. The quantitative estimate of drug-likeness (QED) is 0.876. The molecule has 1 aliphatic heterocycles. The number of ether oxygens (including phenoxy) is 2. The van der Waals surface area contributed by atoms with Crippen molar-refractivity contribution in [3.05, 3.63) is 29.8 Å². The summed E-state index contributed by atoms with van der Waals surface area (Å²) in [6.45, 7) is 7.69. The highest BCUT2D eigenvalue weighted by molar-refractivity contribution is 5.94. The van der Waals surface area contributed by atoms with E-state index in [1.165, 1.54) is 0 Å². The van der Waals surface area contributed by atoms with Crippen LogP contribution in [0.25, 0.3) is 0 Å². The van der Waals surface area contributed by atoms with Crippen molar-refractivity contribution >= 4 is 5.91 Å². The molecule has 1 fully saturated rings. The van der Waals surface area contributed by atoms with Gasteiger partial charge in [-0.1, -0.05) is 13.8 Å². The molecule has 1 saturated heterocycles. The number of carbonyl (C=O) groups is 1. The van der Waals surface area contributed by atoms with Gasteiger partial charge in [-0.05, 0) is 49.9 Å². The van der Waals surface area contributed by atoms with E-state index in [1.54, 1.807) is 12.1 Å². The lowest BCUT2D eigenvalue weighted by Gasteiger charge is -2.20. The smallest absolute Gasteiger partial charge is 0.251 e. The number of nitrogens with one attached hydrogen (secondary N) is 1. The molecule has 1 aliphatic rings. The lowest BCUT2D eigenvalue weighted by Crippen LogP contribution is -2.40. The van der Waals surface area contributed by atoms with Gasteiger partial charge in [0, 0.05) is 12.2 Å². The summed E-state index contributed by atoms with van der Waals surface area (Å²) >= 11 is 0. The summed E-state index contributed by atoms with van der Waals surface area (Å²) in [5.74, 6) is 1.22. The number of benzene rings is 1. The third kappa shape index (κ3) is 4.74. The summed E-state index contributed by atoms with van der Waals surface area (Å²) in [6, 6.07) is 7.32. The molecule has 0 unspecified atom stereocenters. The van der Waals surface area contributed by atoms with Crippen molar-refractivity contribution in [1.82, 2.24) is 5.32 Å². The summed E-state index contributed by atoms with van der Waals surface area (Å²) in [4.78, 5) is 12.2. The predicted octanol–water partition coefficient (Wildman–Crippen LogP) is 3.02. The molecule has 116 valence electrons. The topological polar surface area (TPSA) is 47.6 Å². The van der Waals surface area contributed by atoms with Crippen molar-refractivity contribution in [2.75, 3.05) is 13.2 Å². The van der Waals surface area contributed by atoms with Gasteiger partial charge in [0.05, 0.1) is 18.8 Å². The Bertz CT molecular complexity index is 450. The fourth-order valence-corrected chi connectivity index (χ4v) is 2.35. The Hall–Kier alpha value is -1.55. The van der Waals surface area contributed by atoms with Gasteiger partial charge < -0.3 is 14.8 Å². The van der Waals surface area contributed by atoms with Gasteiger partial charge in [-0.25, -0.2) is 0 Å². The second-order valence-electron chi connectivity index (χ2n) is 6.04. The summed E-state index contributed by atoms with van der Waals surface area (Å²) in [7, 11) is 0. The van der Waals surface area contributed by atoms with Crippen LogP contribution in [0.5, 0.6) is 5.75 Å². The zero-order chi connectivity index (χ0) is 15.2. The molecule has 4 heteroatoms. The third-order valence-corrected chi connectivity index (χ3v) is 3.58. The van der Waals surface area contributed by atoms with Crippen LogP contribution in [0.4, 0.5) is 0 Å². The van der Waals surface area contributed by atoms with Crippen molar-refractivity contribution in [2.45, 2.75) is 45.8 Å². The summed E-state index contributed by atoms with van der Waals surface area (Å²) in [6.07, 6.45) is 2.23. The van der Waals surface area contributed by atoms with Crippen LogP contribution < -0.4 is 10.1 Å². The third-order valence-electron chi connectivity index (χ3n) is 3.58. The molecule has 0 radical (unpaired) electrons. The first-order valence-corrected chi connectivity index (χ1v) is 7.71. The molecule has 2 atom stereocenters. The molecule has 4 nitrogen and oxygen atoms in total. The Balaban J connectivity index is 1.87. The van der Waals surface area contributed by atoms with Crippen LogP contribution >= 0.6 is 0 Å². The Morgan fingerprint density at radius 2 is 2.05 bits per heavy atom. The van der Waals surface area contributed by atoms with Gasteiger partial charge in [0.25, 0.3) is 5.91 Å². The van der Waals surface area contributed by atoms with E-state index in [2.05, 4.69) is 19.2 Å². The second-order valence-corrected chi connectivity index (χ2v) is 6.04. The molecule has 2 rings (SSSR count). The van der Waals surface area contributed by atoms with E-state index < -0.39 is 0 Å². The molecule has 1 N–H and O–H groups in total. The first-order valence-electron chi connectivity index (χ1n) is 7.71. The average molecular weight is 291 g/mol. The minimum absolute atomic E-state index is 0.0388. The van der Waals surface area contributed by atoms with E-state index in [4.69, 9.17) is 9.47 Å². The summed E-state index contributed by atoms with van der Waals surface area (Å²) < 4.78 is 11.2. The normalized spacial score (nSPS) is 19.5. The number of carbonyl (C=O) groups excluding carboxylic acids is 1. The Morgan fingerprint density at radius 1 is 1.33 bits per heavy atom. The molecule has 0 spiro atoms. The molecule has 1 amide bonds. The number of amides is 1. The molecule has 0 aromatic heterocycles. The molecule has 21 heavy (non-hydrogen) atoms. The number of hydrogen-bond donors (Lipinski definition) is 1. The zero-order valence-electron chi connectivity index (χ0n) is 13.1. The van der Waals surface area contributed by atoms with Gasteiger partial charge in [-0.3, -0.25) is 4.79 Å². The largest absolute Gasteiger partial charge is 0.493 e. The molecule has 1 aromatic rings. The highest BCUT2D eigenvalue weighted by Crippen LogP contribution is 2.17. The van der Waals surface area contributed by atoms with Crippen molar-refractivity contribution in [1.29, 1.82) is 0 Å². The second kappa shape index (κ2) is 7.46. The molecule has 0 aliphatic carbocycles. The minimum Gasteiger partial charge on any atom is -0.493 e. The molecule has 1 heterocycles. The van der Waals surface area contributed by atoms with Crippen molar-refractivity contribution in [3.8, 4) is 5.75 Å². The van der Waals surface area contributed by atoms with Crippen LogP contribution in [0.3, 0.4) is 0 Å². The average Bonchev–Trinajstić information content (AvgIpc) is 3.00. The fraction of sp³-hybridized carbons (Fsp3) is 0.588. The van der Waals surface area contributed by atoms with Gasteiger partial charge in [-0.2, -0.15) is 0 Å². The van der Waals surface area contributed by atoms with E-state index in [1.807, 2.05) is 19.1 Å². The fourth-order valence-electron chi connectivity index (χ4n) is 2.35. The van der Waals surface area contributed by atoms with Crippen molar-refractivity contribution in [3.63, 3.8) is 0 Å². The maximum atomic E-state index is 12.2. The SMILES string of the molecule is CC(C)COc1ccc(C(=O)N[C@H](C)[C@H]2CCCO2)cc1. The predicted molar refractivity (Wildman–Crippen MR) is 82.7 cm³/mol. The van der Waals surface area contributed by atoms with Crippen LogP contribution in [-0.4, -0.2) is 31.3 Å². The van der Waals surface area contributed by atoms with E-state index in [0.29, 0.717) is 18.1 Å². The van der Waals surface area contributed by atoms with Crippen molar-refractivity contribution < 1.29 is 14.3 Å². The standard InChI is InChI=1S/C17H25NO3/c1-12(2)11-21-15-8-6-14(7-9-15)17(19)18-13(3)16-5-4-10-20-16/h6-9,12-13,16H,4-5,10-11H2,1-3H3,(H,18,19)/t13-,16-/m1/s1. The monoisotopic (exact) mass is 291 g/mol. The van der Waals surface area contributed by atoms with E-state index in [0.717, 1.165) is 25.2 Å². The van der Waals surface area contributed by atoms with E-state index in [9.17, 15) is 4.79 Å². The van der Waals surface area contributed by atoms with Crippen LogP contribution in [0, 0.1) is 5.92 Å². The van der Waals surface area contributed by atoms with E-state index in [-0.39, 0.29) is 18.1 Å². The number of hydrogen-bond acceptors (Lipinski definition) is 3. The van der Waals surface area contributed by atoms with Crippen LogP contribution in [0.1, 0.15) is 44.0 Å². The van der Waals surface area contributed by atoms with Gasteiger partial charge in [0.1, 0.15) is 5.75 Å². The Kier molecular flexibility index (Phi) is 5.62. The Labute approximate surface area is 126 Å². The molecular weight excluding hydrogens is 266 g/mol. The zero-order valence-corrected chi connectivity index (χ0v) is 13.1. The molecule has 0 bridgehead atoms. The molecular formula is C17H25NO3. The first kappa shape index (κ1) is 15.8. The lowest BCUT2D eigenvalue weighted by molar-refractivity contribution is 0.0712. The van der Waals surface area contributed by atoms with Gasteiger partial charge in [0.15, 0.2) is 0 Å². The highest BCUT2D eigenvalue weighted by Gasteiger charge is 2.23. The van der Waals surface area contributed by atoms with Crippen LogP contribution in [0.15, 0.2) is 24.3 Å². The Morgan fingerprint density at radius 3 is 2.62 bits per heavy atom. The van der Waals surface area contributed by atoms with Crippen LogP contribution in [-0.2, 0) is 4.74 Å². The van der Waals surface area contributed by atoms with Gasteiger partial charge in [0.2, 0.25) is 0 Å². The van der Waals surface area contributed by atoms with Crippen LogP contribution in [0.2, 0.25) is 0 Å². The highest BCUT2D eigenvalue weighted by atomic mass is 16.5. The van der Waals surface area contributed by atoms with Gasteiger partial charge >= 0.3 is 0 Å². The molecule has 0 saturated carbocycles. The van der Waals surface area contributed by atoms with Crippen molar-refractivity contribution in [2.24, 2.45) is 5.92 Å². The lowest BCUT2D eigenvalue weighted by atomic mass is 10.1. The maximum absolute atomic E-state index is 12.2. The van der Waals surface area contributed by atoms with Gasteiger partial charge in [-0.15, -0.1) is 0 Å². The maximum Gasteiger partial charge on any atom is 0.251 e. The number of rotatable bonds is 6. The molecule has 1 aromatic carbocycles. The minimum atomic E-state index is -0.0617. The van der Waals surface area contributed by atoms with E-state index >= 15 is 0 Å². The summed E-state index contributed by atoms with van der Waals surface area (Å²) in [5.41, 5.74) is 0.650. The summed E-state index contributed by atoms with van der Waals surface area (Å²) in [5, 5.41) is 3.00.